The van der Waals surface area contributed by atoms with E-state index >= 15 is 0 Å². The van der Waals surface area contributed by atoms with Crippen LogP contribution >= 0.6 is 11.6 Å². The van der Waals surface area contributed by atoms with E-state index in [-0.39, 0.29) is 42.0 Å². The summed E-state index contributed by atoms with van der Waals surface area (Å²) in [5, 5.41) is 26.2. The molecule has 2 saturated carbocycles. The van der Waals surface area contributed by atoms with Gasteiger partial charge in [-0.25, -0.2) is 9.89 Å². The minimum absolute atomic E-state index is 0.132. The van der Waals surface area contributed by atoms with Crippen LogP contribution in [0.2, 0.25) is 5.02 Å². The quantitative estimate of drug-likeness (QED) is 0.0995. The molecule has 0 bridgehead atoms. The number of H-pyrrole nitrogens is 1. The average Bonchev–Trinajstić information content (AvgIpc) is 3.87. The van der Waals surface area contributed by atoms with E-state index in [4.69, 9.17) is 16.3 Å². The zero-order valence-electron chi connectivity index (χ0n) is 31.7. The van der Waals surface area contributed by atoms with Crippen LogP contribution in [-0.2, 0) is 20.7 Å². The second-order valence-corrected chi connectivity index (χ2v) is 16.1. The Morgan fingerprint density at radius 1 is 0.891 bits per heavy atom. The van der Waals surface area contributed by atoms with E-state index in [9.17, 15) is 19.2 Å². The Labute approximate surface area is 326 Å². The van der Waals surface area contributed by atoms with Gasteiger partial charge in [0.05, 0.1) is 0 Å². The normalized spacial score (nSPS) is 18.1. The van der Waals surface area contributed by atoms with Gasteiger partial charge < -0.3 is 26.0 Å². The third-order valence-electron chi connectivity index (χ3n) is 10.2. The van der Waals surface area contributed by atoms with Crippen LogP contribution in [0.25, 0.3) is 22.5 Å². The molecule has 0 radical (unpaired) electrons. The van der Waals surface area contributed by atoms with Crippen LogP contribution < -0.4 is 21.3 Å². The van der Waals surface area contributed by atoms with Crippen LogP contribution in [0.15, 0.2) is 66.7 Å². The van der Waals surface area contributed by atoms with Gasteiger partial charge in [0.15, 0.2) is 5.82 Å². The van der Waals surface area contributed by atoms with Crippen molar-refractivity contribution >= 4 is 41.1 Å². The van der Waals surface area contributed by atoms with Gasteiger partial charge in [0, 0.05) is 52.3 Å². The predicted octanol–water partition coefficient (Wildman–Crippen LogP) is 6.71. The molecule has 5 N–H and O–H groups in total. The van der Waals surface area contributed by atoms with Gasteiger partial charge in [-0.3, -0.25) is 14.4 Å². The lowest BCUT2D eigenvalue weighted by molar-refractivity contribution is -0.130. The number of rotatable bonds is 13. The number of anilines is 1. The van der Waals surface area contributed by atoms with Crippen molar-refractivity contribution in [3.05, 3.63) is 82.9 Å². The van der Waals surface area contributed by atoms with Crippen molar-refractivity contribution in [2.75, 3.05) is 11.9 Å². The topological polar surface area (TPSA) is 180 Å². The number of alkyl carbamates (subject to hydrolysis) is 1. The number of nitrogens with one attached hydrogen (secondary N) is 5. The van der Waals surface area contributed by atoms with Gasteiger partial charge in [-0.2, -0.15) is 0 Å². The molecule has 2 aliphatic carbocycles. The summed E-state index contributed by atoms with van der Waals surface area (Å²) in [5.41, 5.74) is 3.74. The number of tetrazole rings is 1. The second-order valence-electron chi connectivity index (χ2n) is 15.7. The summed E-state index contributed by atoms with van der Waals surface area (Å²) >= 11 is 6.68. The molecular formula is C41H49ClN8O5. The molecule has 2 unspecified atom stereocenters. The Hall–Kier alpha value is -5.30. The summed E-state index contributed by atoms with van der Waals surface area (Å²) in [6.07, 6.45) is 4.93. The van der Waals surface area contributed by atoms with Crippen LogP contribution in [0.3, 0.4) is 0 Å². The molecule has 13 nitrogen and oxygen atoms in total. The maximum absolute atomic E-state index is 13.8. The minimum atomic E-state index is -0.859. The van der Waals surface area contributed by atoms with Crippen molar-refractivity contribution in [2.45, 2.75) is 90.3 Å². The Kier molecular flexibility index (Phi) is 12.5. The number of benzene rings is 3. The van der Waals surface area contributed by atoms with Crippen molar-refractivity contribution in [2.24, 2.45) is 17.8 Å². The number of carbonyl (C=O) groups is 4. The van der Waals surface area contributed by atoms with E-state index in [0.29, 0.717) is 47.4 Å². The van der Waals surface area contributed by atoms with Crippen LogP contribution in [0.5, 0.6) is 0 Å². The Bertz CT molecular complexity index is 1950. The van der Waals surface area contributed by atoms with Crippen molar-refractivity contribution < 1.29 is 23.9 Å². The molecule has 55 heavy (non-hydrogen) atoms. The Balaban J connectivity index is 1.10. The van der Waals surface area contributed by atoms with Crippen molar-refractivity contribution in [1.29, 1.82) is 0 Å². The summed E-state index contributed by atoms with van der Waals surface area (Å²) in [6.45, 7) is 7.99. The van der Waals surface area contributed by atoms with Gasteiger partial charge in [0.25, 0.3) is 5.91 Å². The Morgan fingerprint density at radius 3 is 2.20 bits per heavy atom. The van der Waals surface area contributed by atoms with E-state index < -0.39 is 17.7 Å². The molecule has 2 aliphatic rings. The Morgan fingerprint density at radius 2 is 1.58 bits per heavy atom. The third-order valence-corrected chi connectivity index (χ3v) is 10.5. The number of hydrogen-bond acceptors (Lipinski definition) is 8. The van der Waals surface area contributed by atoms with Crippen molar-refractivity contribution in [3.63, 3.8) is 0 Å². The first-order valence-electron chi connectivity index (χ1n) is 18.9. The van der Waals surface area contributed by atoms with E-state index in [1.165, 1.54) is 0 Å². The summed E-state index contributed by atoms with van der Waals surface area (Å²) in [4.78, 5) is 52.4. The third kappa shape index (κ3) is 11.1. The van der Waals surface area contributed by atoms with Crippen LogP contribution in [0.1, 0.15) is 82.1 Å². The van der Waals surface area contributed by atoms with Gasteiger partial charge in [0.2, 0.25) is 11.8 Å². The molecule has 4 aromatic rings. The number of amides is 4. The molecule has 0 spiro atoms. The molecule has 290 valence electrons. The molecule has 2 fully saturated rings. The highest BCUT2D eigenvalue weighted by atomic mass is 35.5. The maximum atomic E-state index is 13.8. The minimum Gasteiger partial charge on any atom is -0.444 e. The fourth-order valence-corrected chi connectivity index (χ4v) is 7.13. The van der Waals surface area contributed by atoms with Gasteiger partial charge in [0.1, 0.15) is 11.6 Å². The lowest BCUT2D eigenvalue weighted by Crippen LogP contribution is -2.48. The highest BCUT2D eigenvalue weighted by molar-refractivity contribution is 6.33. The fraction of sp³-hybridized carbons (Fsp3) is 0.439. The highest BCUT2D eigenvalue weighted by Gasteiger charge is 2.31. The summed E-state index contributed by atoms with van der Waals surface area (Å²) in [5.74, 6) is 0.370. The van der Waals surface area contributed by atoms with E-state index in [1.54, 1.807) is 36.4 Å². The molecule has 2 atom stereocenters. The summed E-state index contributed by atoms with van der Waals surface area (Å²) in [6, 6.07) is 19.3. The van der Waals surface area contributed by atoms with Gasteiger partial charge in [-0.15, -0.1) is 5.10 Å². The zero-order valence-corrected chi connectivity index (χ0v) is 32.4. The van der Waals surface area contributed by atoms with Crippen LogP contribution in [0, 0.1) is 17.8 Å². The lowest BCUT2D eigenvalue weighted by Gasteiger charge is -2.29. The zero-order chi connectivity index (χ0) is 39.1. The highest BCUT2D eigenvalue weighted by Crippen LogP contribution is 2.33. The molecule has 3 aromatic carbocycles. The maximum Gasteiger partial charge on any atom is 0.407 e. The number of nitrogens with zero attached hydrogens (tertiary/aromatic N) is 3. The molecule has 0 aliphatic heterocycles. The lowest BCUT2D eigenvalue weighted by atomic mass is 9.81. The number of aromatic nitrogens is 4. The first-order chi connectivity index (χ1) is 26.3. The standard InChI is InChI=1S/C41H49ClN8O5/c1-24(27-13-14-27)44-38(52)31-17-20-33(34(42)22-31)28-9-5-25(6-10-28)21-35(39(53)45-32-18-15-29(16-19-32)36-47-49-50-48-36)46-37(51)30-11-7-26(8-12-30)23-43-40(54)55-41(2,3)4/h5-6,9-10,15-20,22,24,26-27,30,35H,7-8,11-14,21,23H2,1-4H3,(H,43,54)(H,44,52)(H,45,53)(H,46,51)(H,47,48,49,50)/t24?,26-,30-,35?. The predicted molar refractivity (Wildman–Crippen MR) is 210 cm³/mol. The molecule has 0 saturated heterocycles. The first kappa shape index (κ1) is 39.4. The number of carbonyl (C=O) groups excluding carboxylic acids is 4. The molecule has 4 amide bonds. The van der Waals surface area contributed by atoms with Crippen LogP contribution in [-0.4, -0.2) is 68.7 Å². The number of hydrogen-bond donors (Lipinski definition) is 5. The first-order valence-corrected chi connectivity index (χ1v) is 19.3. The van der Waals surface area contributed by atoms with E-state index in [0.717, 1.165) is 47.9 Å². The second kappa shape index (κ2) is 17.4. The largest absolute Gasteiger partial charge is 0.444 e. The SMILES string of the molecule is CC(NC(=O)c1ccc(-c2ccc(CC(NC(=O)[C@H]3CC[C@H](CNC(=O)OC(C)(C)C)CC3)C(=O)Nc3ccc(-c4nnn[nH]4)cc3)cc2)c(Cl)c1)C1CC1. The smallest absolute Gasteiger partial charge is 0.407 e. The molecule has 1 heterocycles. The average molecular weight is 769 g/mol. The number of ether oxygens (including phenoxy) is 1. The van der Waals surface area contributed by atoms with Gasteiger partial charge in [-0.1, -0.05) is 41.9 Å². The number of aromatic amines is 1. The van der Waals surface area contributed by atoms with Crippen molar-refractivity contribution in [3.8, 4) is 22.5 Å². The molecule has 1 aromatic heterocycles. The molecule has 6 rings (SSSR count). The van der Waals surface area contributed by atoms with E-state index in [1.807, 2.05) is 58.0 Å². The fourth-order valence-electron chi connectivity index (χ4n) is 6.84. The van der Waals surface area contributed by atoms with Crippen molar-refractivity contribution in [1.82, 2.24) is 36.6 Å². The summed E-state index contributed by atoms with van der Waals surface area (Å²) in [7, 11) is 0. The van der Waals surface area contributed by atoms with E-state index in [2.05, 4.69) is 41.9 Å². The van der Waals surface area contributed by atoms with Gasteiger partial charge >= 0.3 is 6.09 Å². The summed E-state index contributed by atoms with van der Waals surface area (Å²) < 4.78 is 5.35. The molecule has 14 heteroatoms. The van der Waals surface area contributed by atoms with Crippen LogP contribution in [0.4, 0.5) is 10.5 Å². The number of halogens is 1. The molecular weight excluding hydrogens is 720 g/mol. The van der Waals surface area contributed by atoms with Gasteiger partial charge in [-0.05, 0) is 136 Å². The monoisotopic (exact) mass is 768 g/mol.